The summed E-state index contributed by atoms with van der Waals surface area (Å²) in [5.41, 5.74) is 2.61. The number of nitrogens with zero attached hydrogens (tertiary/aromatic N) is 1. The molecular weight excluding hydrogens is 165 g/mol. The third kappa shape index (κ3) is 1.28. The minimum Gasteiger partial charge on any atom is -0.253 e. The van der Waals surface area contributed by atoms with Crippen LogP contribution < -0.4 is 0 Å². The second kappa shape index (κ2) is 2.80. The van der Waals surface area contributed by atoms with Crippen molar-refractivity contribution < 1.29 is 4.39 Å². The number of benzene rings is 1. The van der Waals surface area contributed by atoms with E-state index >= 15 is 0 Å². The van der Waals surface area contributed by atoms with Gasteiger partial charge in [-0.2, -0.15) is 0 Å². The van der Waals surface area contributed by atoms with E-state index in [-0.39, 0.29) is 5.82 Å². The quantitative estimate of drug-likeness (QED) is 0.599. The van der Waals surface area contributed by atoms with Crippen molar-refractivity contribution >= 4 is 10.9 Å². The number of aryl methyl sites for hydroxylation is 2. The Bertz CT molecular complexity index is 463. The van der Waals surface area contributed by atoms with E-state index < -0.39 is 0 Å². The van der Waals surface area contributed by atoms with Gasteiger partial charge in [-0.15, -0.1) is 0 Å². The van der Waals surface area contributed by atoms with E-state index in [1.807, 2.05) is 26.0 Å². The van der Waals surface area contributed by atoms with Crippen LogP contribution in [0, 0.1) is 19.7 Å². The van der Waals surface area contributed by atoms with Crippen LogP contribution >= 0.6 is 0 Å². The zero-order valence-electron chi connectivity index (χ0n) is 7.63. The van der Waals surface area contributed by atoms with Crippen molar-refractivity contribution in [1.82, 2.24) is 4.98 Å². The molecule has 13 heavy (non-hydrogen) atoms. The van der Waals surface area contributed by atoms with Gasteiger partial charge in [-0.3, -0.25) is 4.98 Å². The predicted molar refractivity (Wildman–Crippen MR) is 51.2 cm³/mol. The number of hydrogen-bond donors (Lipinski definition) is 0. The topological polar surface area (TPSA) is 12.9 Å². The lowest BCUT2D eigenvalue weighted by Crippen LogP contribution is -1.89. The Morgan fingerprint density at radius 2 is 2.00 bits per heavy atom. The summed E-state index contributed by atoms with van der Waals surface area (Å²) in [6, 6.07) is 6.87. The van der Waals surface area contributed by atoms with Crippen molar-refractivity contribution in [3.05, 3.63) is 41.3 Å². The number of halogens is 1. The number of hydrogen-bond acceptors (Lipinski definition) is 1. The average Bonchev–Trinajstić information content (AvgIpc) is 2.02. The highest BCUT2D eigenvalue weighted by Gasteiger charge is 2.04. The molecule has 0 N–H and O–H groups in total. The molecule has 1 aromatic carbocycles. The van der Waals surface area contributed by atoms with Gasteiger partial charge in [0, 0.05) is 11.1 Å². The first-order valence-electron chi connectivity index (χ1n) is 4.21. The lowest BCUT2D eigenvalue weighted by Gasteiger charge is -2.03. The van der Waals surface area contributed by atoms with Crippen molar-refractivity contribution in [3.63, 3.8) is 0 Å². The van der Waals surface area contributed by atoms with Crippen LogP contribution in [0.15, 0.2) is 24.3 Å². The highest BCUT2D eigenvalue weighted by molar-refractivity contribution is 5.82. The molecule has 1 heterocycles. The van der Waals surface area contributed by atoms with E-state index in [1.54, 1.807) is 6.07 Å². The summed E-state index contributed by atoms with van der Waals surface area (Å²) in [5, 5.41) is 0.633. The molecule has 2 rings (SSSR count). The molecule has 2 heteroatoms. The lowest BCUT2D eigenvalue weighted by atomic mass is 10.1. The van der Waals surface area contributed by atoms with Gasteiger partial charge < -0.3 is 0 Å². The Kier molecular flexibility index (Phi) is 1.76. The van der Waals surface area contributed by atoms with Gasteiger partial charge in [0.15, 0.2) is 0 Å². The van der Waals surface area contributed by atoms with Gasteiger partial charge in [-0.05, 0) is 37.6 Å². The van der Waals surface area contributed by atoms with Crippen molar-refractivity contribution in [1.29, 1.82) is 0 Å². The normalized spacial score (nSPS) is 10.7. The summed E-state index contributed by atoms with van der Waals surface area (Å²) in [4.78, 5) is 4.26. The number of fused-ring (bicyclic) bond motifs is 1. The summed E-state index contributed by atoms with van der Waals surface area (Å²) in [6.07, 6.45) is 0. The first kappa shape index (κ1) is 8.17. The molecule has 0 aliphatic rings. The van der Waals surface area contributed by atoms with E-state index in [9.17, 15) is 4.39 Å². The van der Waals surface area contributed by atoms with Crippen LogP contribution in [0.25, 0.3) is 10.9 Å². The Morgan fingerprint density at radius 1 is 1.23 bits per heavy atom. The predicted octanol–water partition coefficient (Wildman–Crippen LogP) is 2.99. The highest BCUT2D eigenvalue weighted by atomic mass is 19.1. The van der Waals surface area contributed by atoms with Gasteiger partial charge in [-0.25, -0.2) is 4.39 Å². The molecule has 0 radical (unpaired) electrons. The number of rotatable bonds is 0. The van der Waals surface area contributed by atoms with Crippen LogP contribution in [0.3, 0.4) is 0 Å². The van der Waals surface area contributed by atoms with Crippen LogP contribution in [0.1, 0.15) is 11.3 Å². The maximum absolute atomic E-state index is 13.3. The van der Waals surface area contributed by atoms with Gasteiger partial charge in [0.2, 0.25) is 0 Å². The summed E-state index contributed by atoms with van der Waals surface area (Å²) in [7, 11) is 0. The Hall–Kier alpha value is -1.44. The Morgan fingerprint density at radius 3 is 2.77 bits per heavy atom. The summed E-state index contributed by atoms with van der Waals surface area (Å²) >= 11 is 0. The van der Waals surface area contributed by atoms with Gasteiger partial charge in [0.25, 0.3) is 0 Å². The highest BCUT2D eigenvalue weighted by Crippen LogP contribution is 2.20. The van der Waals surface area contributed by atoms with Gasteiger partial charge in [-0.1, -0.05) is 6.07 Å². The summed E-state index contributed by atoms with van der Waals surface area (Å²) in [6.45, 7) is 3.82. The van der Waals surface area contributed by atoms with E-state index in [1.165, 1.54) is 6.07 Å². The fourth-order valence-electron chi connectivity index (χ4n) is 1.60. The maximum atomic E-state index is 13.3. The molecule has 0 aliphatic carbocycles. The molecule has 1 nitrogen and oxygen atoms in total. The zero-order valence-corrected chi connectivity index (χ0v) is 7.63. The van der Waals surface area contributed by atoms with Crippen LogP contribution in [0.2, 0.25) is 0 Å². The zero-order chi connectivity index (χ0) is 9.42. The van der Waals surface area contributed by atoms with Gasteiger partial charge in [0.1, 0.15) is 5.82 Å². The van der Waals surface area contributed by atoms with E-state index in [4.69, 9.17) is 0 Å². The second-order valence-corrected chi connectivity index (χ2v) is 3.21. The van der Waals surface area contributed by atoms with Crippen LogP contribution in [0.5, 0.6) is 0 Å². The fraction of sp³-hybridized carbons (Fsp3) is 0.182. The van der Waals surface area contributed by atoms with Crippen LogP contribution in [-0.2, 0) is 0 Å². The molecule has 0 spiro atoms. The second-order valence-electron chi connectivity index (χ2n) is 3.21. The van der Waals surface area contributed by atoms with E-state index in [0.717, 1.165) is 16.8 Å². The smallest absolute Gasteiger partial charge is 0.132 e. The molecule has 0 bridgehead atoms. The van der Waals surface area contributed by atoms with E-state index in [2.05, 4.69) is 4.98 Å². The SMILES string of the molecule is Cc1cc(C)c2c(F)cccc2n1. The number of aromatic nitrogens is 1. The Balaban J connectivity index is 2.94. The monoisotopic (exact) mass is 175 g/mol. The largest absolute Gasteiger partial charge is 0.253 e. The van der Waals surface area contributed by atoms with Crippen molar-refractivity contribution in [2.24, 2.45) is 0 Å². The summed E-state index contributed by atoms with van der Waals surface area (Å²) < 4.78 is 13.3. The third-order valence-corrected chi connectivity index (χ3v) is 2.11. The Labute approximate surface area is 76.2 Å². The maximum Gasteiger partial charge on any atom is 0.132 e. The first-order chi connectivity index (χ1) is 6.18. The molecule has 0 atom stereocenters. The third-order valence-electron chi connectivity index (χ3n) is 2.11. The van der Waals surface area contributed by atoms with Crippen LogP contribution in [0.4, 0.5) is 4.39 Å². The van der Waals surface area contributed by atoms with Crippen LogP contribution in [-0.4, -0.2) is 4.98 Å². The minimum atomic E-state index is -0.192. The van der Waals surface area contributed by atoms with Crippen molar-refractivity contribution in [3.8, 4) is 0 Å². The molecular formula is C11H10FN. The molecule has 0 saturated heterocycles. The molecule has 0 unspecified atom stereocenters. The molecule has 0 aliphatic heterocycles. The standard InChI is InChI=1S/C11H10FN/c1-7-6-8(2)13-10-5-3-4-9(12)11(7)10/h3-6H,1-2H3. The molecule has 0 saturated carbocycles. The molecule has 0 fully saturated rings. The first-order valence-corrected chi connectivity index (χ1v) is 4.21. The van der Waals surface area contributed by atoms with Gasteiger partial charge in [0.05, 0.1) is 5.52 Å². The summed E-state index contributed by atoms with van der Waals surface area (Å²) in [5.74, 6) is -0.192. The minimum absolute atomic E-state index is 0.192. The molecule has 2 aromatic rings. The molecule has 0 amide bonds. The van der Waals surface area contributed by atoms with Crippen molar-refractivity contribution in [2.45, 2.75) is 13.8 Å². The van der Waals surface area contributed by atoms with Crippen molar-refractivity contribution in [2.75, 3.05) is 0 Å². The number of pyridine rings is 1. The fourth-order valence-corrected chi connectivity index (χ4v) is 1.60. The average molecular weight is 175 g/mol. The lowest BCUT2D eigenvalue weighted by molar-refractivity contribution is 0.639. The van der Waals surface area contributed by atoms with Gasteiger partial charge >= 0.3 is 0 Å². The molecule has 66 valence electrons. The van der Waals surface area contributed by atoms with E-state index in [0.29, 0.717) is 5.39 Å². The molecule has 1 aromatic heterocycles.